The van der Waals surface area contributed by atoms with Crippen molar-refractivity contribution in [2.24, 2.45) is 11.8 Å². The first-order chi connectivity index (χ1) is 15.1. The third kappa shape index (κ3) is 8.29. The monoisotopic (exact) mass is 458 g/mol. The van der Waals surface area contributed by atoms with Gasteiger partial charge < -0.3 is 25.2 Å². The maximum Gasteiger partial charge on any atom is 0.416 e. The summed E-state index contributed by atoms with van der Waals surface area (Å²) in [5.41, 5.74) is -0.845. The van der Waals surface area contributed by atoms with Gasteiger partial charge in [0, 0.05) is 18.8 Å². The van der Waals surface area contributed by atoms with Gasteiger partial charge in [-0.05, 0) is 43.4 Å². The van der Waals surface area contributed by atoms with Crippen LogP contribution in [-0.4, -0.2) is 51.3 Å². The highest BCUT2D eigenvalue weighted by molar-refractivity contribution is 5.66. The fraction of sp³-hybridized carbons (Fsp3) is 0.522. The number of halogens is 3. The largest absolute Gasteiger partial charge is 0.491 e. The molecule has 32 heavy (non-hydrogen) atoms. The second-order valence-corrected chi connectivity index (χ2v) is 7.89. The lowest BCUT2D eigenvalue weighted by molar-refractivity contribution is -0.138. The number of allylic oxidation sites excluding steroid dienone is 2. The molecule has 178 valence electrons. The summed E-state index contributed by atoms with van der Waals surface area (Å²) in [5.74, 6) is -1.55. The zero-order valence-corrected chi connectivity index (χ0v) is 17.5. The second kappa shape index (κ2) is 12.0. The third-order valence-electron chi connectivity index (χ3n) is 5.39. The van der Waals surface area contributed by atoms with Gasteiger partial charge in [0.2, 0.25) is 0 Å². The quantitative estimate of drug-likeness (QED) is 0.298. The van der Waals surface area contributed by atoms with E-state index in [1.165, 1.54) is 18.2 Å². The normalized spacial score (nSPS) is 24.9. The molecule has 6 nitrogen and oxygen atoms in total. The smallest absolute Gasteiger partial charge is 0.416 e. The first-order valence-electron chi connectivity index (χ1n) is 10.5. The van der Waals surface area contributed by atoms with Crippen molar-refractivity contribution in [1.82, 2.24) is 0 Å². The van der Waals surface area contributed by atoms with Gasteiger partial charge >= 0.3 is 12.1 Å². The van der Waals surface area contributed by atoms with Gasteiger partial charge in [-0.3, -0.25) is 4.79 Å². The Bertz CT molecular complexity index is 792. The van der Waals surface area contributed by atoms with E-state index in [2.05, 4.69) is 0 Å². The van der Waals surface area contributed by atoms with Gasteiger partial charge in [0.15, 0.2) is 0 Å². The fourth-order valence-electron chi connectivity index (χ4n) is 3.70. The summed E-state index contributed by atoms with van der Waals surface area (Å²) in [6.07, 6.45) is 1.48. The van der Waals surface area contributed by atoms with Crippen LogP contribution in [0.25, 0.3) is 0 Å². The SMILES string of the molecule is O=C(O)CCC/C=C\CC1[C@@H](/C=C/[C@@H](O)COc2cccc(C(F)(F)F)c2)[C@H](O)C[C@@H]1O. The number of unbranched alkanes of at least 4 members (excludes halogenated alkanes) is 1. The van der Waals surface area contributed by atoms with Crippen LogP contribution in [0.4, 0.5) is 13.2 Å². The zero-order chi connectivity index (χ0) is 23.7. The first kappa shape index (κ1) is 25.9. The van der Waals surface area contributed by atoms with E-state index in [0.29, 0.717) is 19.3 Å². The van der Waals surface area contributed by atoms with Gasteiger partial charge in [0.05, 0.1) is 17.8 Å². The predicted molar refractivity (Wildman–Crippen MR) is 111 cm³/mol. The molecule has 0 heterocycles. The Morgan fingerprint density at radius 2 is 1.97 bits per heavy atom. The molecule has 0 amide bonds. The van der Waals surface area contributed by atoms with Crippen LogP contribution in [-0.2, 0) is 11.0 Å². The molecule has 2 rings (SSSR count). The number of carboxylic acids is 1. The molecule has 0 spiro atoms. The van der Waals surface area contributed by atoms with Gasteiger partial charge in [0.1, 0.15) is 18.5 Å². The minimum absolute atomic E-state index is 0.0190. The number of hydrogen-bond acceptors (Lipinski definition) is 5. The standard InChI is InChI=1S/C23H29F3O6/c24-23(25,26)15-6-5-7-17(12-15)32-14-16(27)10-11-19-18(20(28)13-21(19)29)8-3-1-2-4-9-22(30)31/h1,3,5-7,10-12,16,18-21,27-29H,2,4,8-9,13-14H2,(H,30,31)/b3-1-,11-10+/t16-,18?,19-,20+,21-/m1/s1. The van der Waals surface area contributed by atoms with Crippen molar-refractivity contribution >= 4 is 5.97 Å². The van der Waals surface area contributed by atoms with E-state index in [4.69, 9.17) is 9.84 Å². The van der Waals surface area contributed by atoms with Gasteiger partial charge in [-0.2, -0.15) is 13.2 Å². The molecule has 0 aliphatic heterocycles. The topological polar surface area (TPSA) is 107 Å². The number of carbonyl (C=O) groups is 1. The first-order valence-corrected chi connectivity index (χ1v) is 10.5. The molecule has 4 N–H and O–H groups in total. The number of hydrogen-bond donors (Lipinski definition) is 4. The Morgan fingerprint density at radius 3 is 2.66 bits per heavy atom. The highest BCUT2D eigenvalue weighted by atomic mass is 19.4. The number of rotatable bonds is 11. The maximum atomic E-state index is 12.8. The van der Waals surface area contributed by atoms with Crippen molar-refractivity contribution in [3.8, 4) is 5.75 Å². The van der Waals surface area contributed by atoms with Gasteiger partial charge in [-0.25, -0.2) is 0 Å². The number of aliphatic carboxylic acids is 1. The minimum atomic E-state index is -4.49. The zero-order valence-electron chi connectivity index (χ0n) is 17.5. The molecule has 1 aliphatic carbocycles. The molecule has 0 saturated heterocycles. The van der Waals surface area contributed by atoms with E-state index in [0.717, 1.165) is 12.1 Å². The van der Waals surface area contributed by atoms with Crippen LogP contribution in [0.15, 0.2) is 48.6 Å². The molecule has 1 aromatic rings. The number of aliphatic hydroxyl groups is 3. The number of carboxylic acid groups (broad SMARTS) is 1. The van der Waals surface area contributed by atoms with Crippen LogP contribution in [0.5, 0.6) is 5.75 Å². The summed E-state index contributed by atoms with van der Waals surface area (Å²) >= 11 is 0. The van der Waals surface area contributed by atoms with E-state index in [9.17, 15) is 33.3 Å². The van der Waals surface area contributed by atoms with Crippen molar-refractivity contribution in [2.75, 3.05) is 6.61 Å². The Balaban J connectivity index is 1.87. The number of ether oxygens (including phenoxy) is 1. The highest BCUT2D eigenvalue weighted by Crippen LogP contribution is 2.36. The number of benzene rings is 1. The minimum Gasteiger partial charge on any atom is -0.491 e. The molecule has 0 radical (unpaired) electrons. The molecule has 9 heteroatoms. The highest BCUT2D eigenvalue weighted by Gasteiger charge is 2.39. The molecule has 5 atom stereocenters. The van der Waals surface area contributed by atoms with Crippen molar-refractivity contribution in [1.29, 1.82) is 0 Å². The van der Waals surface area contributed by atoms with Crippen LogP contribution < -0.4 is 4.74 Å². The van der Waals surface area contributed by atoms with Crippen molar-refractivity contribution in [3.05, 3.63) is 54.1 Å². The van der Waals surface area contributed by atoms with E-state index < -0.39 is 41.9 Å². The van der Waals surface area contributed by atoms with E-state index in [-0.39, 0.29) is 31.1 Å². The summed E-state index contributed by atoms with van der Waals surface area (Å²) in [7, 11) is 0. The van der Waals surface area contributed by atoms with Crippen LogP contribution in [0.2, 0.25) is 0 Å². The summed E-state index contributed by atoms with van der Waals surface area (Å²) in [5, 5.41) is 39.2. The van der Waals surface area contributed by atoms with Crippen LogP contribution >= 0.6 is 0 Å². The van der Waals surface area contributed by atoms with E-state index in [1.54, 1.807) is 6.08 Å². The van der Waals surface area contributed by atoms with Crippen LogP contribution in [0, 0.1) is 11.8 Å². The number of alkyl halides is 3. The van der Waals surface area contributed by atoms with Crippen LogP contribution in [0.1, 0.15) is 37.7 Å². The van der Waals surface area contributed by atoms with Crippen molar-refractivity contribution in [3.63, 3.8) is 0 Å². The Hall–Kier alpha value is -2.36. The van der Waals surface area contributed by atoms with Gasteiger partial charge in [0.25, 0.3) is 0 Å². The van der Waals surface area contributed by atoms with Gasteiger partial charge in [-0.15, -0.1) is 0 Å². The average Bonchev–Trinajstić information content (AvgIpc) is 2.99. The summed E-state index contributed by atoms with van der Waals surface area (Å²) in [6, 6.07) is 4.36. The number of aliphatic hydroxyl groups excluding tert-OH is 3. The molecule has 1 aromatic carbocycles. The lowest BCUT2D eigenvalue weighted by Gasteiger charge is -2.19. The van der Waals surface area contributed by atoms with E-state index in [1.807, 2.05) is 12.2 Å². The molecule has 0 bridgehead atoms. The molecular formula is C23H29F3O6. The molecule has 0 aromatic heterocycles. The fourth-order valence-corrected chi connectivity index (χ4v) is 3.70. The van der Waals surface area contributed by atoms with Gasteiger partial charge in [-0.1, -0.05) is 30.4 Å². The summed E-state index contributed by atoms with van der Waals surface area (Å²) in [4.78, 5) is 10.5. The molecule has 1 unspecified atom stereocenters. The summed E-state index contributed by atoms with van der Waals surface area (Å²) < 4.78 is 43.5. The molecule has 1 aliphatic rings. The average molecular weight is 458 g/mol. The maximum absolute atomic E-state index is 12.8. The molecule has 1 saturated carbocycles. The second-order valence-electron chi connectivity index (χ2n) is 7.89. The third-order valence-corrected chi connectivity index (χ3v) is 5.39. The van der Waals surface area contributed by atoms with E-state index >= 15 is 0 Å². The summed E-state index contributed by atoms with van der Waals surface area (Å²) in [6.45, 7) is -0.267. The lowest BCUT2D eigenvalue weighted by atomic mass is 9.89. The Kier molecular flexibility index (Phi) is 9.74. The predicted octanol–water partition coefficient (Wildman–Crippen LogP) is 3.56. The molecular weight excluding hydrogens is 429 g/mol. The Morgan fingerprint density at radius 1 is 1.22 bits per heavy atom. The van der Waals surface area contributed by atoms with Crippen molar-refractivity contribution in [2.45, 2.75) is 56.6 Å². The lowest BCUT2D eigenvalue weighted by Crippen LogP contribution is -2.21. The van der Waals surface area contributed by atoms with Crippen LogP contribution in [0.3, 0.4) is 0 Å². The Labute approximate surface area is 184 Å². The van der Waals surface area contributed by atoms with Crippen molar-refractivity contribution < 1.29 is 43.1 Å². The molecule has 1 fully saturated rings.